The molecule has 0 aliphatic heterocycles. The lowest BCUT2D eigenvalue weighted by molar-refractivity contribution is 0.415. The molecule has 0 amide bonds. The van der Waals surface area contributed by atoms with Gasteiger partial charge in [0, 0.05) is 0 Å². The first-order valence-corrected chi connectivity index (χ1v) is 6.27. The Labute approximate surface area is 100 Å². The van der Waals surface area contributed by atoms with Crippen molar-refractivity contribution in [3.63, 3.8) is 0 Å². The van der Waals surface area contributed by atoms with Crippen LogP contribution in [0.1, 0.15) is 12.5 Å². The summed E-state index contributed by atoms with van der Waals surface area (Å²) in [6.07, 6.45) is 0.994. The highest BCUT2D eigenvalue weighted by Crippen LogP contribution is 2.30. The third-order valence-corrected chi connectivity index (χ3v) is 3.83. The van der Waals surface area contributed by atoms with E-state index in [-0.39, 0.29) is 0 Å². The molecule has 2 rings (SSSR count). The van der Waals surface area contributed by atoms with Gasteiger partial charge in [-0.3, -0.25) is 0 Å². The quantitative estimate of drug-likeness (QED) is 0.791. The van der Waals surface area contributed by atoms with Gasteiger partial charge in [0.2, 0.25) is 0 Å². The Balaban J connectivity index is 2.72. The van der Waals surface area contributed by atoms with Crippen LogP contribution in [0.3, 0.4) is 0 Å². The lowest BCUT2D eigenvalue weighted by Crippen LogP contribution is -1.87. The molecule has 0 radical (unpaired) electrons. The molecule has 0 saturated heterocycles. The van der Waals surface area contributed by atoms with Crippen molar-refractivity contribution in [1.29, 1.82) is 0 Å². The zero-order chi connectivity index (χ0) is 10.1. The molecule has 2 nitrogen and oxygen atoms in total. The predicted octanol–water partition coefficient (Wildman–Crippen LogP) is 3.47. The number of methoxy groups -OCH3 is 1. The fourth-order valence-corrected chi connectivity index (χ4v) is 3.15. The molecule has 1 aromatic carbocycles. The number of halogens is 1. The number of rotatable bonds is 2. The molecule has 1 heterocycles. The Morgan fingerprint density at radius 3 is 2.93 bits per heavy atom. The van der Waals surface area contributed by atoms with Gasteiger partial charge in [-0.2, -0.15) is 0 Å². The van der Waals surface area contributed by atoms with Crippen LogP contribution in [0.4, 0.5) is 0 Å². The molecule has 0 atom stereocenters. The lowest BCUT2D eigenvalue weighted by Gasteiger charge is -2.03. The Kier molecular flexibility index (Phi) is 2.92. The minimum atomic E-state index is 0.925. The summed E-state index contributed by atoms with van der Waals surface area (Å²) in [7, 11) is 1.70. The third-order valence-electron chi connectivity index (χ3n) is 2.14. The van der Waals surface area contributed by atoms with Gasteiger partial charge < -0.3 is 4.74 Å². The van der Waals surface area contributed by atoms with E-state index in [9.17, 15) is 0 Å². The topological polar surface area (TPSA) is 22.1 Å². The number of fused-ring (bicyclic) bond motifs is 1. The van der Waals surface area contributed by atoms with Crippen LogP contribution >= 0.6 is 33.9 Å². The minimum Gasteiger partial charge on any atom is -0.497 e. The molecule has 74 valence electrons. The fraction of sp³-hybridized carbons (Fsp3) is 0.300. The molecule has 0 saturated carbocycles. The SMILES string of the molecule is CCc1cc(OC)cc2sc(I)nc12. The summed E-state index contributed by atoms with van der Waals surface area (Å²) in [6, 6.07) is 4.12. The summed E-state index contributed by atoms with van der Waals surface area (Å²) in [6.45, 7) is 2.14. The van der Waals surface area contributed by atoms with Gasteiger partial charge in [0.05, 0.1) is 17.3 Å². The maximum Gasteiger partial charge on any atom is 0.155 e. The number of nitrogens with zero attached hydrogens (tertiary/aromatic N) is 1. The van der Waals surface area contributed by atoms with Crippen molar-refractivity contribution in [2.75, 3.05) is 7.11 Å². The van der Waals surface area contributed by atoms with Crippen molar-refractivity contribution in [3.05, 3.63) is 20.7 Å². The van der Waals surface area contributed by atoms with Crippen LogP contribution in [0, 0.1) is 3.01 Å². The number of aromatic nitrogens is 1. The monoisotopic (exact) mass is 319 g/mol. The summed E-state index contributed by atoms with van der Waals surface area (Å²) in [5.74, 6) is 0.925. The number of benzene rings is 1. The van der Waals surface area contributed by atoms with Crippen molar-refractivity contribution in [2.24, 2.45) is 0 Å². The molecule has 14 heavy (non-hydrogen) atoms. The highest BCUT2D eigenvalue weighted by Gasteiger charge is 2.07. The van der Waals surface area contributed by atoms with Gasteiger partial charge >= 0.3 is 0 Å². The van der Waals surface area contributed by atoms with E-state index in [4.69, 9.17) is 4.74 Å². The normalized spacial score (nSPS) is 10.8. The summed E-state index contributed by atoms with van der Waals surface area (Å²) in [5, 5.41) is 0. The van der Waals surface area contributed by atoms with Gasteiger partial charge in [-0.1, -0.05) is 6.92 Å². The maximum absolute atomic E-state index is 5.25. The lowest BCUT2D eigenvalue weighted by atomic mass is 10.1. The van der Waals surface area contributed by atoms with E-state index in [1.807, 2.05) is 6.07 Å². The van der Waals surface area contributed by atoms with E-state index < -0.39 is 0 Å². The van der Waals surface area contributed by atoms with Gasteiger partial charge in [-0.25, -0.2) is 4.98 Å². The van der Waals surface area contributed by atoms with E-state index in [0.717, 1.165) is 20.7 Å². The third kappa shape index (κ3) is 1.72. The molecular formula is C10H10INOS. The zero-order valence-corrected chi connectivity index (χ0v) is 11.0. The van der Waals surface area contributed by atoms with Crippen molar-refractivity contribution in [1.82, 2.24) is 4.98 Å². The zero-order valence-electron chi connectivity index (χ0n) is 8.00. The van der Waals surface area contributed by atoms with Crippen LogP contribution in [0.2, 0.25) is 0 Å². The molecule has 0 spiro atoms. The highest BCUT2D eigenvalue weighted by atomic mass is 127. The van der Waals surface area contributed by atoms with Crippen LogP contribution in [0.25, 0.3) is 10.2 Å². The molecule has 0 aliphatic rings. The second kappa shape index (κ2) is 4.02. The number of hydrogen-bond acceptors (Lipinski definition) is 3. The molecule has 4 heteroatoms. The number of ether oxygens (including phenoxy) is 1. The van der Waals surface area contributed by atoms with Crippen LogP contribution in [0.5, 0.6) is 5.75 Å². The van der Waals surface area contributed by atoms with Gasteiger partial charge in [0.1, 0.15) is 5.75 Å². The molecular weight excluding hydrogens is 309 g/mol. The van der Waals surface area contributed by atoms with E-state index in [0.29, 0.717) is 0 Å². The van der Waals surface area contributed by atoms with E-state index in [1.54, 1.807) is 18.4 Å². The molecule has 0 unspecified atom stereocenters. The van der Waals surface area contributed by atoms with Gasteiger partial charge in [0.15, 0.2) is 3.01 Å². The Morgan fingerprint density at radius 1 is 1.50 bits per heavy atom. The van der Waals surface area contributed by atoms with Crippen molar-refractivity contribution >= 4 is 44.1 Å². The van der Waals surface area contributed by atoms with E-state index in [2.05, 4.69) is 40.6 Å². The Morgan fingerprint density at radius 2 is 2.29 bits per heavy atom. The molecule has 0 N–H and O–H groups in total. The van der Waals surface area contributed by atoms with Crippen LogP contribution < -0.4 is 4.74 Å². The number of hydrogen-bond donors (Lipinski definition) is 0. The second-order valence-corrected chi connectivity index (χ2v) is 5.74. The summed E-state index contributed by atoms with van der Waals surface area (Å²) < 4.78 is 7.55. The minimum absolute atomic E-state index is 0.925. The Bertz CT molecular complexity index is 466. The summed E-state index contributed by atoms with van der Waals surface area (Å²) >= 11 is 3.96. The van der Waals surface area contributed by atoms with E-state index in [1.165, 1.54) is 10.3 Å². The predicted molar refractivity (Wildman–Crippen MR) is 68.3 cm³/mol. The van der Waals surface area contributed by atoms with Crippen LogP contribution in [-0.4, -0.2) is 12.1 Å². The first-order chi connectivity index (χ1) is 6.74. The number of thiazole rings is 1. The maximum atomic E-state index is 5.25. The average molecular weight is 319 g/mol. The second-order valence-electron chi connectivity index (χ2n) is 2.95. The average Bonchev–Trinajstić information content (AvgIpc) is 2.56. The standard InChI is InChI=1S/C10H10INOS/c1-3-6-4-7(13-2)5-8-9(6)12-10(11)14-8/h4-5H,3H2,1-2H3. The van der Waals surface area contributed by atoms with Crippen LogP contribution in [-0.2, 0) is 6.42 Å². The van der Waals surface area contributed by atoms with E-state index >= 15 is 0 Å². The fourth-order valence-electron chi connectivity index (χ4n) is 1.43. The smallest absolute Gasteiger partial charge is 0.155 e. The molecule has 0 aliphatic carbocycles. The van der Waals surface area contributed by atoms with Crippen molar-refractivity contribution in [3.8, 4) is 5.75 Å². The largest absolute Gasteiger partial charge is 0.497 e. The molecule has 1 aromatic heterocycles. The van der Waals surface area contributed by atoms with Gasteiger partial charge in [-0.05, 0) is 46.7 Å². The first-order valence-electron chi connectivity index (χ1n) is 4.37. The van der Waals surface area contributed by atoms with Gasteiger partial charge in [0.25, 0.3) is 0 Å². The van der Waals surface area contributed by atoms with Crippen molar-refractivity contribution < 1.29 is 4.74 Å². The first kappa shape index (κ1) is 10.2. The molecule has 0 bridgehead atoms. The Hall–Kier alpha value is -0.360. The summed E-state index contributed by atoms with van der Waals surface area (Å²) in [4.78, 5) is 4.51. The van der Waals surface area contributed by atoms with Crippen molar-refractivity contribution in [2.45, 2.75) is 13.3 Å². The molecule has 2 aromatic rings. The van der Waals surface area contributed by atoms with Gasteiger partial charge in [-0.15, -0.1) is 11.3 Å². The number of aryl methyl sites for hydroxylation is 1. The molecule has 0 fully saturated rings. The summed E-state index contributed by atoms with van der Waals surface area (Å²) in [5.41, 5.74) is 2.39. The van der Waals surface area contributed by atoms with Crippen LogP contribution in [0.15, 0.2) is 12.1 Å². The highest BCUT2D eigenvalue weighted by molar-refractivity contribution is 14.1.